The third-order valence-corrected chi connectivity index (χ3v) is 6.49. The van der Waals surface area contributed by atoms with Crippen molar-refractivity contribution in [3.05, 3.63) is 22.4 Å². The van der Waals surface area contributed by atoms with E-state index >= 15 is 0 Å². The molecule has 1 N–H and O–H groups in total. The minimum atomic E-state index is -0.0558. The van der Waals surface area contributed by atoms with E-state index in [1.54, 1.807) is 11.3 Å². The third-order valence-electron chi connectivity index (χ3n) is 4.33. The Kier molecular flexibility index (Phi) is 5.38. The van der Waals surface area contributed by atoms with E-state index in [2.05, 4.69) is 56.8 Å². The lowest BCUT2D eigenvalue weighted by atomic mass is 9.99. The van der Waals surface area contributed by atoms with Crippen LogP contribution in [0.2, 0.25) is 0 Å². The molecule has 1 amide bonds. The number of carbonyl (C=O) groups is 1. The molecule has 1 fully saturated rings. The van der Waals surface area contributed by atoms with E-state index in [0.29, 0.717) is 5.92 Å². The van der Waals surface area contributed by atoms with Gasteiger partial charge in [0.05, 0.1) is 6.04 Å². The fraction of sp³-hybridized carbons (Fsp3) is 0.688. The molecule has 0 bridgehead atoms. The molecule has 0 aliphatic carbocycles. The van der Waals surface area contributed by atoms with Crippen LogP contribution in [0.5, 0.6) is 0 Å². The number of carbonyl (C=O) groups excluding carboxylic acids is 1. The zero-order valence-electron chi connectivity index (χ0n) is 13.6. The van der Waals surface area contributed by atoms with Gasteiger partial charge in [-0.05, 0) is 37.5 Å². The van der Waals surface area contributed by atoms with Gasteiger partial charge in [0.25, 0.3) is 0 Å². The normalized spacial score (nSPS) is 24.6. The summed E-state index contributed by atoms with van der Waals surface area (Å²) in [6, 6.07) is 4.12. The fourth-order valence-electron chi connectivity index (χ4n) is 2.61. The highest BCUT2D eigenvalue weighted by Gasteiger charge is 2.43. The Morgan fingerprint density at radius 2 is 2.24 bits per heavy atom. The maximum atomic E-state index is 12.9. The second kappa shape index (κ2) is 6.71. The number of rotatable bonds is 6. The maximum Gasteiger partial charge on any atom is 0.241 e. The molecule has 0 spiro atoms. The van der Waals surface area contributed by atoms with E-state index in [9.17, 15) is 4.79 Å². The standard InChI is InChI=1S/C16H26N2OS2/c1-6-11(2)13-15(19)18(10-16(3,4)20-5)14(17-13)12-8-7-9-21-12/h7-9,11,13-14,17H,6,10H2,1-5H3. The highest BCUT2D eigenvalue weighted by Crippen LogP contribution is 2.34. The first-order chi connectivity index (χ1) is 9.89. The molecule has 1 aliphatic rings. The Labute approximate surface area is 136 Å². The molecule has 21 heavy (non-hydrogen) atoms. The molecule has 3 atom stereocenters. The first-order valence-electron chi connectivity index (χ1n) is 7.54. The molecule has 1 aliphatic heterocycles. The van der Waals surface area contributed by atoms with Crippen LogP contribution in [0.4, 0.5) is 0 Å². The van der Waals surface area contributed by atoms with Crippen molar-refractivity contribution in [2.75, 3.05) is 12.8 Å². The van der Waals surface area contributed by atoms with Gasteiger partial charge in [-0.1, -0.05) is 26.3 Å². The predicted octanol–water partition coefficient (Wildman–Crippen LogP) is 3.73. The highest BCUT2D eigenvalue weighted by molar-refractivity contribution is 7.99. The summed E-state index contributed by atoms with van der Waals surface area (Å²) in [7, 11) is 0. The topological polar surface area (TPSA) is 32.3 Å². The van der Waals surface area contributed by atoms with Gasteiger partial charge in [0.2, 0.25) is 5.91 Å². The average Bonchev–Trinajstić information content (AvgIpc) is 3.08. The molecule has 3 unspecified atom stereocenters. The van der Waals surface area contributed by atoms with Crippen LogP contribution < -0.4 is 5.32 Å². The van der Waals surface area contributed by atoms with Gasteiger partial charge in [0, 0.05) is 16.2 Å². The van der Waals surface area contributed by atoms with Crippen molar-refractivity contribution in [2.45, 2.75) is 51.1 Å². The summed E-state index contributed by atoms with van der Waals surface area (Å²) in [6.07, 6.45) is 3.16. The number of nitrogens with one attached hydrogen (secondary N) is 1. The number of thioether (sulfide) groups is 1. The molecule has 0 aromatic carbocycles. The van der Waals surface area contributed by atoms with Gasteiger partial charge in [-0.25, -0.2) is 0 Å². The minimum absolute atomic E-state index is 0.0305. The smallest absolute Gasteiger partial charge is 0.241 e. The summed E-state index contributed by atoms with van der Waals surface area (Å²) in [4.78, 5) is 16.1. The number of hydrogen-bond acceptors (Lipinski definition) is 4. The van der Waals surface area contributed by atoms with Gasteiger partial charge < -0.3 is 4.90 Å². The first-order valence-corrected chi connectivity index (χ1v) is 9.65. The zero-order chi connectivity index (χ0) is 15.6. The number of thiophene rings is 1. The second-order valence-electron chi connectivity index (χ2n) is 6.38. The molecule has 0 radical (unpaired) electrons. The van der Waals surface area contributed by atoms with E-state index in [0.717, 1.165) is 13.0 Å². The van der Waals surface area contributed by atoms with Crippen LogP contribution >= 0.6 is 23.1 Å². The van der Waals surface area contributed by atoms with Gasteiger partial charge in [-0.15, -0.1) is 11.3 Å². The molecule has 3 nitrogen and oxygen atoms in total. The van der Waals surface area contributed by atoms with Crippen molar-refractivity contribution in [2.24, 2.45) is 5.92 Å². The van der Waals surface area contributed by atoms with Crippen LogP contribution in [0.15, 0.2) is 17.5 Å². The van der Waals surface area contributed by atoms with Gasteiger partial charge in [0.1, 0.15) is 6.17 Å². The molecule has 118 valence electrons. The molecular weight excluding hydrogens is 300 g/mol. The van der Waals surface area contributed by atoms with Crippen molar-refractivity contribution < 1.29 is 4.79 Å². The quantitative estimate of drug-likeness (QED) is 0.864. The molecule has 5 heteroatoms. The minimum Gasteiger partial charge on any atom is -0.319 e. The molecule has 1 aromatic rings. The Morgan fingerprint density at radius 1 is 1.52 bits per heavy atom. The molecule has 1 aromatic heterocycles. The summed E-state index contributed by atoms with van der Waals surface area (Å²) in [5.74, 6) is 0.618. The largest absolute Gasteiger partial charge is 0.319 e. The van der Waals surface area contributed by atoms with E-state index in [1.165, 1.54) is 4.88 Å². The van der Waals surface area contributed by atoms with E-state index in [-0.39, 0.29) is 22.9 Å². The number of nitrogens with zero attached hydrogens (tertiary/aromatic N) is 1. The summed E-state index contributed by atoms with van der Waals surface area (Å²) in [6.45, 7) is 9.48. The van der Waals surface area contributed by atoms with Crippen LogP contribution in [0, 0.1) is 5.92 Å². The Bertz CT molecular complexity index is 473. The van der Waals surface area contributed by atoms with E-state index < -0.39 is 0 Å². The molecule has 0 saturated carbocycles. The van der Waals surface area contributed by atoms with Gasteiger partial charge in [0.15, 0.2) is 0 Å². The van der Waals surface area contributed by atoms with Gasteiger partial charge in [-0.3, -0.25) is 10.1 Å². The summed E-state index contributed by atoms with van der Waals surface area (Å²) >= 11 is 3.53. The van der Waals surface area contributed by atoms with E-state index in [4.69, 9.17) is 0 Å². The van der Waals surface area contributed by atoms with Crippen LogP contribution in [-0.2, 0) is 4.79 Å². The zero-order valence-corrected chi connectivity index (χ0v) is 15.2. The van der Waals surface area contributed by atoms with Gasteiger partial charge in [-0.2, -0.15) is 11.8 Å². The van der Waals surface area contributed by atoms with Crippen LogP contribution in [0.25, 0.3) is 0 Å². The van der Waals surface area contributed by atoms with Crippen LogP contribution in [0.1, 0.15) is 45.2 Å². The fourth-order valence-corrected chi connectivity index (χ4v) is 3.67. The van der Waals surface area contributed by atoms with Crippen molar-refractivity contribution in [1.82, 2.24) is 10.2 Å². The summed E-state index contributed by atoms with van der Waals surface area (Å²) in [5.41, 5.74) is 0. The van der Waals surface area contributed by atoms with Crippen molar-refractivity contribution >= 4 is 29.0 Å². The second-order valence-corrected chi connectivity index (χ2v) is 8.87. The van der Waals surface area contributed by atoms with Crippen molar-refractivity contribution in [3.8, 4) is 0 Å². The van der Waals surface area contributed by atoms with Crippen molar-refractivity contribution in [1.29, 1.82) is 0 Å². The lowest BCUT2D eigenvalue weighted by Gasteiger charge is -2.32. The Hall–Kier alpha value is -0.520. The number of amides is 1. The molecular formula is C16H26N2OS2. The molecule has 2 heterocycles. The lowest BCUT2D eigenvalue weighted by molar-refractivity contribution is -0.131. The molecule has 2 rings (SSSR count). The summed E-state index contributed by atoms with van der Waals surface area (Å²) < 4.78 is 0.0667. The SMILES string of the molecule is CCC(C)C1NC(c2cccs2)N(CC(C)(C)SC)C1=O. The van der Waals surface area contributed by atoms with E-state index in [1.807, 2.05) is 16.7 Å². The molecule has 1 saturated heterocycles. The Morgan fingerprint density at radius 3 is 2.76 bits per heavy atom. The Balaban J connectivity index is 2.26. The highest BCUT2D eigenvalue weighted by atomic mass is 32.2. The summed E-state index contributed by atoms with van der Waals surface area (Å²) in [5, 5.41) is 5.65. The monoisotopic (exact) mass is 326 g/mol. The van der Waals surface area contributed by atoms with Crippen LogP contribution in [0.3, 0.4) is 0 Å². The first kappa shape index (κ1) is 16.8. The number of hydrogen-bond donors (Lipinski definition) is 1. The predicted molar refractivity (Wildman–Crippen MR) is 92.7 cm³/mol. The van der Waals surface area contributed by atoms with Crippen molar-refractivity contribution in [3.63, 3.8) is 0 Å². The van der Waals surface area contributed by atoms with Gasteiger partial charge >= 0.3 is 0 Å². The third kappa shape index (κ3) is 3.63. The average molecular weight is 327 g/mol. The van der Waals surface area contributed by atoms with Crippen LogP contribution in [-0.4, -0.2) is 34.4 Å². The maximum absolute atomic E-state index is 12.9. The lowest BCUT2D eigenvalue weighted by Crippen LogP contribution is -2.41.